The summed E-state index contributed by atoms with van der Waals surface area (Å²) in [5.74, 6) is -0.960. The Morgan fingerprint density at radius 1 is 1.17 bits per heavy atom. The third-order valence-corrected chi connectivity index (χ3v) is 3.00. The van der Waals surface area contributed by atoms with Gasteiger partial charge in [-0.3, -0.25) is 4.79 Å². The molecule has 1 heterocycles. The lowest BCUT2D eigenvalue weighted by Crippen LogP contribution is -2.50. The van der Waals surface area contributed by atoms with Gasteiger partial charge in [-0.2, -0.15) is 8.78 Å². The minimum Gasteiger partial charge on any atom is -0.506 e. The molecule has 6 heteroatoms. The predicted molar refractivity (Wildman–Crippen MR) is 62.9 cm³/mol. The van der Waals surface area contributed by atoms with E-state index in [2.05, 4.69) is 0 Å². The van der Waals surface area contributed by atoms with E-state index >= 15 is 0 Å². The number of benzene rings is 1. The van der Waals surface area contributed by atoms with Gasteiger partial charge in [0.2, 0.25) is 0 Å². The lowest BCUT2D eigenvalue weighted by atomic mass is 10.2. The Morgan fingerprint density at radius 2 is 1.78 bits per heavy atom. The number of alkyl halides is 2. The van der Waals surface area contributed by atoms with Gasteiger partial charge in [0, 0.05) is 26.2 Å². The van der Waals surface area contributed by atoms with Gasteiger partial charge in [0.15, 0.2) is 0 Å². The van der Waals surface area contributed by atoms with E-state index in [0.29, 0.717) is 18.8 Å². The molecule has 1 aliphatic rings. The molecular formula is C12H14F2N2O2. The fourth-order valence-electron chi connectivity index (χ4n) is 2.04. The largest absolute Gasteiger partial charge is 0.506 e. The topological polar surface area (TPSA) is 43.8 Å². The van der Waals surface area contributed by atoms with E-state index < -0.39 is 12.3 Å². The SMILES string of the molecule is O=C(C(F)F)N1CCN(c2ccccc2O)CC1. The number of hydrogen-bond acceptors (Lipinski definition) is 3. The van der Waals surface area contributed by atoms with Crippen LogP contribution in [0.2, 0.25) is 0 Å². The highest BCUT2D eigenvalue weighted by atomic mass is 19.3. The number of amides is 1. The Kier molecular flexibility index (Phi) is 3.64. The number of carbonyl (C=O) groups is 1. The second-order valence-electron chi connectivity index (χ2n) is 4.10. The second-order valence-corrected chi connectivity index (χ2v) is 4.10. The van der Waals surface area contributed by atoms with Crippen LogP contribution < -0.4 is 4.90 Å². The van der Waals surface area contributed by atoms with Crippen LogP contribution >= 0.6 is 0 Å². The smallest absolute Gasteiger partial charge is 0.315 e. The third-order valence-electron chi connectivity index (χ3n) is 3.00. The fraction of sp³-hybridized carbons (Fsp3) is 0.417. The van der Waals surface area contributed by atoms with Crippen molar-refractivity contribution in [1.82, 2.24) is 4.90 Å². The van der Waals surface area contributed by atoms with Crippen LogP contribution in [0.1, 0.15) is 0 Å². The lowest BCUT2D eigenvalue weighted by Gasteiger charge is -2.36. The van der Waals surface area contributed by atoms with Crippen molar-refractivity contribution in [2.45, 2.75) is 6.43 Å². The Balaban J connectivity index is 1.99. The van der Waals surface area contributed by atoms with Gasteiger partial charge in [0.1, 0.15) is 5.75 Å². The first-order valence-electron chi connectivity index (χ1n) is 5.69. The number of aromatic hydroxyl groups is 1. The zero-order valence-corrected chi connectivity index (χ0v) is 9.72. The van der Waals surface area contributed by atoms with Crippen LogP contribution in [0, 0.1) is 0 Å². The maximum Gasteiger partial charge on any atom is 0.315 e. The van der Waals surface area contributed by atoms with Crippen LogP contribution in [0.15, 0.2) is 24.3 Å². The molecule has 1 amide bonds. The zero-order valence-electron chi connectivity index (χ0n) is 9.72. The summed E-state index contributed by atoms with van der Waals surface area (Å²) >= 11 is 0. The molecule has 2 rings (SSSR count). The highest BCUT2D eigenvalue weighted by Crippen LogP contribution is 2.27. The molecule has 0 saturated carbocycles. The quantitative estimate of drug-likeness (QED) is 0.867. The Bertz CT molecular complexity index is 432. The highest BCUT2D eigenvalue weighted by Gasteiger charge is 2.27. The van der Waals surface area contributed by atoms with Crippen molar-refractivity contribution in [3.8, 4) is 5.75 Å². The van der Waals surface area contributed by atoms with Gasteiger partial charge in [-0.15, -0.1) is 0 Å². The van der Waals surface area contributed by atoms with Crippen LogP contribution in [0.4, 0.5) is 14.5 Å². The van der Waals surface area contributed by atoms with Crippen molar-refractivity contribution >= 4 is 11.6 Å². The van der Waals surface area contributed by atoms with Crippen LogP contribution in [-0.2, 0) is 4.79 Å². The van der Waals surface area contributed by atoms with Crippen molar-refractivity contribution < 1.29 is 18.7 Å². The second kappa shape index (κ2) is 5.20. The van der Waals surface area contributed by atoms with Crippen molar-refractivity contribution in [3.63, 3.8) is 0 Å². The van der Waals surface area contributed by atoms with E-state index in [-0.39, 0.29) is 18.8 Å². The molecule has 4 nitrogen and oxygen atoms in total. The normalized spacial score (nSPS) is 16.2. The van der Waals surface area contributed by atoms with E-state index in [4.69, 9.17) is 0 Å². The first-order chi connectivity index (χ1) is 8.59. The summed E-state index contributed by atoms with van der Waals surface area (Å²) in [7, 11) is 0. The molecule has 18 heavy (non-hydrogen) atoms. The van der Waals surface area contributed by atoms with Gasteiger partial charge in [0.25, 0.3) is 5.91 Å². The third kappa shape index (κ3) is 2.52. The zero-order chi connectivity index (χ0) is 13.1. The molecule has 1 aromatic rings. The maximum absolute atomic E-state index is 12.3. The molecular weight excluding hydrogens is 242 g/mol. The summed E-state index contributed by atoms with van der Waals surface area (Å²) in [4.78, 5) is 14.1. The Morgan fingerprint density at radius 3 is 2.33 bits per heavy atom. The van der Waals surface area contributed by atoms with Crippen molar-refractivity contribution in [2.24, 2.45) is 0 Å². The molecule has 1 saturated heterocycles. The van der Waals surface area contributed by atoms with E-state index in [9.17, 15) is 18.7 Å². The number of anilines is 1. The van der Waals surface area contributed by atoms with E-state index in [0.717, 1.165) is 4.90 Å². The van der Waals surface area contributed by atoms with Gasteiger partial charge in [-0.1, -0.05) is 12.1 Å². The molecule has 0 bridgehead atoms. The van der Waals surface area contributed by atoms with Gasteiger partial charge >= 0.3 is 6.43 Å². The molecule has 0 unspecified atom stereocenters. The van der Waals surface area contributed by atoms with Gasteiger partial charge < -0.3 is 14.9 Å². The first-order valence-corrected chi connectivity index (χ1v) is 5.69. The fourth-order valence-corrected chi connectivity index (χ4v) is 2.04. The van der Waals surface area contributed by atoms with Crippen LogP contribution in [-0.4, -0.2) is 48.5 Å². The summed E-state index contributed by atoms with van der Waals surface area (Å²) < 4.78 is 24.5. The van der Waals surface area contributed by atoms with E-state index in [1.54, 1.807) is 24.3 Å². The number of rotatable bonds is 2. The minimum atomic E-state index is -2.94. The molecule has 0 atom stereocenters. The molecule has 0 spiro atoms. The lowest BCUT2D eigenvalue weighted by molar-refractivity contribution is -0.143. The van der Waals surface area contributed by atoms with Crippen LogP contribution in [0.3, 0.4) is 0 Å². The molecule has 1 aliphatic heterocycles. The summed E-state index contributed by atoms with van der Waals surface area (Å²) in [6, 6.07) is 6.85. The number of piperazine rings is 1. The van der Waals surface area contributed by atoms with Crippen molar-refractivity contribution in [1.29, 1.82) is 0 Å². The van der Waals surface area contributed by atoms with E-state index in [1.807, 2.05) is 4.90 Å². The first kappa shape index (κ1) is 12.6. The number of carbonyl (C=O) groups excluding carboxylic acids is 1. The molecule has 1 N–H and O–H groups in total. The molecule has 0 aromatic heterocycles. The highest BCUT2D eigenvalue weighted by molar-refractivity contribution is 5.79. The molecule has 0 aliphatic carbocycles. The predicted octanol–water partition coefficient (Wildman–Crippen LogP) is 1.31. The van der Waals surface area contributed by atoms with E-state index in [1.165, 1.54) is 0 Å². The average molecular weight is 256 g/mol. The number of nitrogens with zero attached hydrogens (tertiary/aromatic N) is 2. The molecule has 1 fully saturated rings. The molecule has 0 radical (unpaired) electrons. The summed E-state index contributed by atoms with van der Waals surface area (Å²) in [6.07, 6.45) is -2.94. The van der Waals surface area contributed by atoms with Gasteiger partial charge in [0.05, 0.1) is 5.69 Å². The van der Waals surface area contributed by atoms with Gasteiger partial charge in [-0.05, 0) is 12.1 Å². The number of hydrogen-bond donors (Lipinski definition) is 1. The number of phenols is 1. The molecule has 98 valence electrons. The number of halogens is 2. The summed E-state index contributed by atoms with van der Waals surface area (Å²) in [5.41, 5.74) is 0.668. The standard InChI is InChI=1S/C12H14F2N2O2/c13-11(14)12(18)16-7-5-15(6-8-16)9-3-1-2-4-10(9)17/h1-4,11,17H,5-8H2. The minimum absolute atomic E-state index is 0.158. The van der Waals surface area contributed by atoms with Crippen LogP contribution in [0.5, 0.6) is 5.75 Å². The maximum atomic E-state index is 12.3. The number of phenolic OH excluding ortho intramolecular Hbond substituents is 1. The molecule has 1 aromatic carbocycles. The number of para-hydroxylation sites is 2. The summed E-state index contributed by atoms with van der Waals surface area (Å²) in [5, 5.41) is 9.68. The Labute approximate surface area is 103 Å². The van der Waals surface area contributed by atoms with Crippen molar-refractivity contribution in [3.05, 3.63) is 24.3 Å². The summed E-state index contributed by atoms with van der Waals surface area (Å²) in [6.45, 7) is 1.38. The average Bonchev–Trinajstić information content (AvgIpc) is 2.38. The van der Waals surface area contributed by atoms with Crippen LogP contribution in [0.25, 0.3) is 0 Å². The van der Waals surface area contributed by atoms with Crippen molar-refractivity contribution in [2.75, 3.05) is 31.1 Å². The Hall–Kier alpha value is -1.85. The monoisotopic (exact) mass is 256 g/mol. The van der Waals surface area contributed by atoms with Gasteiger partial charge in [-0.25, -0.2) is 0 Å².